The number of nitrogens with zero attached hydrogens (tertiary/aromatic N) is 2. The van der Waals surface area contributed by atoms with Gasteiger partial charge in [0.2, 0.25) is 11.8 Å². The molecule has 2 amide bonds. The van der Waals surface area contributed by atoms with Gasteiger partial charge in [-0.15, -0.1) is 0 Å². The topological polar surface area (TPSA) is 199 Å². The van der Waals surface area contributed by atoms with Crippen LogP contribution in [0, 0.1) is 6.92 Å². The maximum absolute atomic E-state index is 13.2. The van der Waals surface area contributed by atoms with Gasteiger partial charge in [-0.3, -0.25) is 14.6 Å². The molecule has 2 fully saturated rings. The van der Waals surface area contributed by atoms with E-state index in [-0.39, 0.29) is 43.3 Å². The number of rotatable bonds is 21. The van der Waals surface area contributed by atoms with Crippen LogP contribution in [0.3, 0.4) is 0 Å². The molecule has 12 heteroatoms. The highest BCUT2D eigenvalue weighted by molar-refractivity contribution is 5.78. The molecule has 0 saturated heterocycles. The van der Waals surface area contributed by atoms with Gasteiger partial charge >= 0.3 is 0 Å². The first-order valence-electron chi connectivity index (χ1n) is 18.4. The minimum atomic E-state index is -1.82. The number of aromatic nitrogens is 1. The number of nitrogens with two attached hydrogens (primary N) is 1. The number of pyridine rings is 1. The van der Waals surface area contributed by atoms with E-state index >= 15 is 0 Å². The Balaban J connectivity index is 1.19. The number of benzene rings is 2. The van der Waals surface area contributed by atoms with Gasteiger partial charge in [-0.25, -0.2) is 0 Å². The molecule has 2 aromatic carbocycles. The van der Waals surface area contributed by atoms with Crippen molar-refractivity contribution < 1.29 is 39.9 Å². The van der Waals surface area contributed by atoms with Crippen molar-refractivity contribution in [2.45, 2.75) is 114 Å². The fraction of sp³-hybridized carbons (Fsp3) is 0.525. The minimum Gasteiger partial charge on any atom is -0.490 e. The van der Waals surface area contributed by atoms with Crippen LogP contribution in [0.4, 0.5) is 0 Å². The second-order valence-corrected chi connectivity index (χ2v) is 14.5. The number of para-hydroxylation sites is 1. The van der Waals surface area contributed by atoms with Gasteiger partial charge < -0.3 is 46.2 Å². The van der Waals surface area contributed by atoms with E-state index in [1.54, 1.807) is 0 Å². The number of primary amides is 1. The molecule has 12 nitrogen and oxygen atoms in total. The summed E-state index contributed by atoms with van der Waals surface area (Å²) < 4.78 is 6.27. The van der Waals surface area contributed by atoms with Crippen LogP contribution in [-0.2, 0) is 21.7 Å². The van der Waals surface area contributed by atoms with Gasteiger partial charge in [-0.05, 0) is 91.3 Å². The van der Waals surface area contributed by atoms with Crippen molar-refractivity contribution in [1.82, 2.24) is 15.2 Å². The number of amides is 2. The van der Waals surface area contributed by atoms with E-state index in [9.17, 15) is 30.0 Å². The zero-order valence-electron chi connectivity index (χ0n) is 30.2. The number of aliphatic hydroxyl groups excluding tert-OH is 5. The Labute approximate surface area is 305 Å². The number of carbonyl (C=O) groups excluding carboxylic acids is 2. The third-order valence-corrected chi connectivity index (χ3v) is 10.4. The van der Waals surface area contributed by atoms with E-state index in [0.717, 1.165) is 48.1 Å². The largest absolute Gasteiger partial charge is 0.490 e. The van der Waals surface area contributed by atoms with Crippen molar-refractivity contribution in [2.24, 2.45) is 5.73 Å². The summed E-state index contributed by atoms with van der Waals surface area (Å²) in [5.74, 6) is 0.102. The zero-order chi connectivity index (χ0) is 37.4. The molecule has 2 aliphatic rings. The van der Waals surface area contributed by atoms with Gasteiger partial charge in [0.15, 0.2) is 0 Å². The summed E-state index contributed by atoms with van der Waals surface area (Å²) >= 11 is 0. The zero-order valence-corrected chi connectivity index (χ0v) is 30.2. The second-order valence-electron chi connectivity index (χ2n) is 14.5. The van der Waals surface area contributed by atoms with Crippen molar-refractivity contribution in [3.8, 4) is 16.9 Å². The van der Waals surface area contributed by atoms with Crippen LogP contribution in [0.5, 0.6) is 5.75 Å². The molecule has 1 heterocycles. The third-order valence-electron chi connectivity index (χ3n) is 10.4. The summed E-state index contributed by atoms with van der Waals surface area (Å²) in [6, 6.07) is 16.8. The van der Waals surface area contributed by atoms with Crippen LogP contribution in [0.1, 0.15) is 86.5 Å². The molecule has 2 saturated carbocycles. The monoisotopic (exact) mass is 718 g/mol. The highest BCUT2D eigenvalue weighted by Gasteiger charge is 2.46. The fourth-order valence-electron chi connectivity index (χ4n) is 6.63. The van der Waals surface area contributed by atoms with Gasteiger partial charge in [-0.1, -0.05) is 43.3 Å². The van der Waals surface area contributed by atoms with E-state index in [0.29, 0.717) is 25.5 Å². The summed E-state index contributed by atoms with van der Waals surface area (Å²) in [5, 5.41) is 53.3. The highest BCUT2D eigenvalue weighted by atomic mass is 16.5. The second kappa shape index (κ2) is 17.7. The molecule has 0 bridgehead atoms. The minimum absolute atomic E-state index is 0.0662. The average molecular weight is 719 g/mol. The lowest BCUT2D eigenvalue weighted by atomic mass is 9.91. The summed E-state index contributed by atoms with van der Waals surface area (Å²) in [5.41, 5.74) is 12.1. The molecule has 52 heavy (non-hydrogen) atoms. The van der Waals surface area contributed by atoms with Gasteiger partial charge in [0.05, 0.1) is 12.7 Å². The molecule has 0 spiro atoms. The number of aliphatic hydroxyl groups is 5. The molecule has 5 rings (SSSR count). The SMILES string of the molecule is Cc1ccc(C(C)CCCC(=O)N(CCC(N)=O)CC(O)C(O)C(O)C(O)CO)cc1CNC1(c2cnccc2-c2ccccc2OC2CC2)CC1. The predicted octanol–water partition coefficient (Wildman–Crippen LogP) is 2.79. The molecule has 8 N–H and O–H groups in total. The Morgan fingerprint density at radius 2 is 1.75 bits per heavy atom. The Hall–Kier alpha value is -3.91. The Morgan fingerprint density at radius 1 is 1.02 bits per heavy atom. The Morgan fingerprint density at radius 3 is 2.44 bits per heavy atom. The van der Waals surface area contributed by atoms with Crippen LogP contribution in [0.15, 0.2) is 60.9 Å². The van der Waals surface area contributed by atoms with Crippen LogP contribution in [0.25, 0.3) is 11.1 Å². The lowest BCUT2D eigenvalue weighted by Crippen LogP contribution is -2.51. The molecule has 3 aromatic rings. The number of aryl methyl sites for hydroxylation is 1. The normalized spacial score (nSPS) is 17.8. The molecule has 0 radical (unpaired) electrons. The molecule has 5 unspecified atom stereocenters. The Bertz CT molecular complexity index is 1660. The number of carbonyl (C=O) groups is 2. The number of ether oxygens (including phenoxy) is 1. The quantitative estimate of drug-likeness (QED) is 0.0860. The first kappa shape index (κ1) is 39.3. The van der Waals surface area contributed by atoms with E-state index < -0.39 is 36.9 Å². The van der Waals surface area contributed by atoms with Crippen molar-refractivity contribution in [2.75, 3.05) is 19.7 Å². The fourth-order valence-corrected chi connectivity index (χ4v) is 6.63. The van der Waals surface area contributed by atoms with Crippen LogP contribution >= 0.6 is 0 Å². The maximum atomic E-state index is 13.2. The van der Waals surface area contributed by atoms with Crippen molar-refractivity contribution in [3.05, 3.63) is 83.2 Å². The van der Waals surface area contributed by atoms with Gasteiger partial charge in [-0.2, -0.15) is 0 Å². The molecule has 1 aromatic heterocycles. The van der Waals surface area contributed by atoms with Crippen LogP contribution in [-0.4, -0.2) is 97.4 Å². The summed E-state index contributed by atoms with van der Waals surface area (Å²) in [4.78, 5) is 30.4. The summed E-state index contributed by atoms with van der Waals surface area (Å²) in [6.45, 7) is 3.66. The molecular weight excluding hydrogens is 664 g/mol. The smallest absolute Gasteiger partial charge is 0.222 e. The van der Waals surface area contributed by atoms with Crippen LogP contribution < -0.4 is 15.8 Å². The number of hydrogen-bond donors (Lipinski definition) is 7. The standard InChI is InChI=1S/C40H54N4O8/c1-25(6-5-9-37(49)44(19-15-36(41)48)23-33(46)38(50)39(51)34(47)24-45)27-11-10-26(2)28(20-27)21-43-40(16-17-40)32-22-42-18-14-30(32)31-7-3-4-8-35(31)52-29-12-13-29/h3-4,7-8,10-11,14,18,20,22,25,29,33-34,38-39,43,45-47,50-51H,5-6,9,12-13,15-17,19,21,23-24H2,1-2H3,(H2,41,48). The Kier molecular flexibility index (Phi) is 13.4. The van der Waals surface area contributed by atoms with E-state index in [1.165, 1.54) is 21.6 Å². The lowest BCUT2D eigenvalue weighted by molar-refractivity contribution is -0.140. The van der Waals surface area contributed by atoms with E-state index in [1.807, 2.05) is 24.5 Å². The summed E-state index contributed by atoms with van der Waals surface area (Å²) in [7, 11) is 0. The molecular formula is C40H54N4O8. The molecule has 282 valence electrons. The number of nitrogens with one attached hydrogen (secondary N) is 1. The molecule has 2 aliphatic carbocycles. The number of hydrogen-bond acceptors (Lipinski definition) is 10. The molecule has 5 atom stereocenters. The molecule has 0 aliphatic heterocycles. The van der Waals surface area contributed by atoms with Crippen LogP contribution in [0.2, 0.25) is 0 Å². The maximum Gasteiger partial charge on any atom is 0.222 e. The first-order chi connectivity index (χ1) is 24.9. The predicted molar refractivity (Wildman–Crippen MR) is 196 cm³/mol. The third kappa shape index (κ3) is 10.1. The van der Waals surface area contributed by atoms with Crippen molar-refractivity contribution >= 4 is 11.8 Å². The average Bonchev–Trinajstić information content (AvgIpc) is 4.09. The van der Waals surface area contributed by atoms with Crippen molar-refractivity contribution in [3.63, 3.8) is 0 Å². The van der Waals surface area contributed by atoms with Gasteiger partial charge in [0, 0.05) is 56.0 Å². The lowest BCUT2D eigenvalue weighted by Gasteiger charge is -2.30. The van der Waals surface area contributed by atoms with Gasteiger partial charge in [0.25, 0.3) is 0 Å². The van der Waals surface area contributed by atoms with Gasteiger partial charge in [0.1, 0.15) is 30.2 Å². The first-order valence-corrected chi connectivity index (χ1v) is 18.4. The highest BCUT2D eigenvalue weighted by Crippen LogP contribution is 2.50. The van der Waals surface area contributed by atoms with E-state index in [2.05, 4.69) is 60.5 Å². The van der Waals surface area contributed by atoms with Crippen molar-refractivity contribution in [1.29, 1.82) is 0 Å². The summed E-state index contributed by atoms with van der Waals surface area (Å²) in [6.07, 6.45) is 2.67. The van der Waals surface area contributed by atoms with E-state index in [4.69, 9.17) is 15.6 Å².